The number of hydrogen-bond donors (Lipinski definition) is 2. The summed E-state index contributed by atoms with van der Waals surface area (Å²) in [6.45, 7) is 5.11. The maximum Gasteiger partial charge on any atom is 0.268 e. The van der Waals surface area contributed by atoms with Crippen molar-refractivity contribution in [1.82, 2.24) is 9.88 Å². The van der Waals surface area contributed by atoms with Crippen molar-refractivity contribution in [2.75, 3.05) is 17.6 Å². The summed E-state index contributed by atoms with van der Waals surface area (Å²) in [6.07, 6.45) is 4.71. The summed E-state index contributed by atoms with van der Waals surface area (Å²) in [7, 11) is 0. The van der Waals surface area contributed by atoms with Crippen LogP contribution >= 0.6 is 11.3 Å². The number of thiazole rings is 1. The van der Waals surface area contributed by atoms with Gasteiger partial charge in [0.1, 0.15) is 10.7 Å². The number of carbonyl (C=O) groups is 1. The number of nitrogen functional groups attached to an aromatic ring is 1. The van der Waals surface area contributed by atoms with Crippen molar-refractivity contribution in [3.05, 3.63) is 4.88 Å². The van der Waals surface area contributed by atoms with E-state index in [9.17, 15) is 4.79 Å². The highest BCUT2D eigenvalue weighted by atomic mass is 32.1. The first-order chi connectivity index (χ1) is 9.54. The van der Waals surface area contributed by atoms with Crippen LogP contribution in [0.25, 0.3) is 0 Å². The molecule has 6 heteroatoms. The summed E-state index contributed by atoms with van der Waals surface area (Å²) in [6, 6.07) is 0.802. The Morgan fingerprint density at radius 1 is 1.45 bits per heavy atom. The predicted molar refractivity (Wildman–Crippen MR) is 82.1 cm³/mol. The number of amides is 1. The number of hydrogen-bond acceptors (Lipinski definition) is 5. The van der Waals surface area contributed by atoms with Crippen molar-refractivity contribution < 1.29 is 4.79 Å². The molecule has 1 saturated heterocycles. The van der Waals surface area contributed by atoms with Crippen LogP contribution in [-0.2, 0) is 0 Å². The van der Waals surface area contributed by atoms with Gasteiger partial charge in [-0.1, -0.05) is 18.3 Å². The highest BCUT2D eigenvalue weighted by Crippen LogP contribution is 2.32. The second kappa shape index (κ2) is 5.24. The lowest BCUT2D eigenvalue weighted by Crippen LogP contribution is -2.33. The molecular weight excluding hydrogens is 272 g/mol. The molecule has 2 heterocycles. The van der Waals surface area contributed by atoms with Gasteiger partial charge in [0.25, 0.3) is 5.91 Å². The van der Waals surface area contributed by atoms with Gasteiger partial charge in [0, 0.05) is 18.6 Å². The summed E-state index contributed by atoms with van der Waals surface area (Å²) in [5.74, 6) is 0.975. The number of nitrogens with one attached hydrogen (secondary N) is 1. The second-order valence-corrected chi connectivity index (χ2v) is 7.15. The van der Waals surface area contributed by atoms with E-state index in [1.165, 1.54) is 30.6 Å². The van der Waals surface area contributed by atoms with Crippen LogP contribution in [0.3, 0.4) is 0 Å². The van der Waals surface area contributed by atoms with E-state index in [2.05, 4.69) is 24.1 Å². The van der Waals surface area contributed by atoms with Crippen molar-refractivity contribution in [3.63, 3.8) is 0 Å². The van der Waals surface area contributed by atoms with Crippen LogP contribution in [0.2, 0.25) is 0 Å². The zero-order valence-corrected chi connectivity index (χ0v) is 12.9. The Balaban J connectivity index is 1.74. The van der Waals surface area contributed by atoms with E-state index in [1.807, 2.05) is 4.90 Å². The lowest BCUT2D eigenvalue weighted by atomic mass is 9.93. The Kier molecular flexibility index (Phi) is 3.58. The Morgan fingerprint density at radius 3 is 2.75 bits per heavy atom. The molecule has 1 aliphatic carbocycles. The Hall–Kier alpha value is -1.30. The number of nitrogens with zero attached hydrogens (tertiary/aromatic N) is 2. The number of nitrogens with two attached hydrogens (primary N) is 1. The summed E-state index contributed by atoms with van der Waals surface area (Å²) in [5, 5.41) is 4.15. The number of likely N-dealkylation sites (tertiary alicyclic amines) is 1. The fraction of sp³-hybridized carbons (Fsp3) is 0.714. The van der Waals surface area contributed by atoms with Crippen LogP contribution in [0.1, 0.15) is 49.2 Å². The number of aromatic nitrogens is 1. The zero-order valence-electron chi connectivity index (χ0n) is 12.1. The molecule has 3 N–H and O–H groups in total. The quantitative estimate of drug-likeness (QED) is 0.898. The van der Waals surface area contributed by atoms with Crippen molar-refractivity contribution in [2.45, 2.75) is 51.6 Å². The van der Waals surface area contributed by atoms with Crippen LogP contribution in [0.15, 0.2) is 0 Å². The summed E-state index contributed by atoms with van der Waals surface area (Å²) in [4.78, 5) is 19.4. The molecule has 0 radical (unpaired) electrons. The van der Waals surface area contributed by atoms with Crippen LogP contribution in [0.4, 0.5) is 10.9 Å². The molecule has 0 aromatic carbocycles. The normalized spacial score (nSPS) is 26.6. The lowest BCUT2D eigenvalue weighted by molar-refractivity contribution is 0.0749. The third-order valence-electron chi connectivity index (χ3n) is 4.33. The molecule has 3 rings (SSSR count). The van der Waals surface area contributed by atoms with Gasteiger partial charge in [0.2, 0.25) is 0 Å². The third-order valence-corrected chi connectivity index (χ3v) is 5.32. The minimum atomic E-state index is 0.0403. The van der Waals surface area contributed by atoms with Crippen molar-refractivity contribution >= 4 is 28.2 Å². The molecule has 2 unspecified atom stereocenters. The summed E-state index contributed by atoms with van der Waals surface area (Å²) >= 11 is 1.40. The van der Waals surface area contributed by atoms with Crippen molar-refractivity contribution in [1.29, 1.82) is 0 Å². The van der Waals surface area contributed by atoms with E-state index in [4.69, 9.17) is 5.73 Å². The van der Waals surface area contributed by atoms with Crippen molar-refractivity contribution in [3.8, 4) is 0 Å². The number of anilines is 2. The monoisotopic (exact) mass is 294 g/mol. The molecule has 2 aliphatic rings. The minimum absolute atomic E-state index is 0.0403. The van der Waals surface area contributed by atoms with E-state index < -0.39 is 0 Å². The molecule has 5 nitrogen and oxygen atoms in total. The molecule has 1 aromatic rings. The minimum Gasteiger partial charge on any atom is -0.382 e. The van der Waals surface area contributed by atoms with Gasteiger partial charge < -0.3 is 16.0 Å². The molecule has 0 spiro atoms. The summed E-state index contributed by atoms with van der Waals surface area (Å²) in [5.41, 5.74) is 5.94. The SMILES string of the molecule is CC1CC(C)N(C(=O)c2sc(NC3CCC3)nc2N)C1. The van der Waals surface area contributed by atoms with E-state index >= 15 is 0 Å². The molecule has 0 bridgehead atoms. The van der Waals surface area contributed by atoms with Gasteiger partial charge in [-0.2, -0.15) is 0 Å². The maximum atomic E-state index is 12.6. The van der Waals surface area contributed by atoms with Crippen molar-refractivity contribution in [2.24, 2.45) is 5.92 Å². The Morgan fingerprint density at radius 2 is 2.20 bits per heavy atom. The maximum absolute atomic E-state index is 12.6. The smallest absolute Gasteiger partial charge is 0.268 e. The van der Waals surface area contributed by atoms with Gasteiger partial charge in [-0.25, -0.2) is 4.98 Å². The van der Waals surface area contributed by atoms with Crippen LogP contribution in [-0.4, -0.2) is 34.4 Å². The Bertz CT molecular complexity index is 511. The fourth-order valence-electron chi connectivity index (χ4n) is 2.99. The van der Waals surface area contributed by atoms with Gasteiger partial charge in [-0.3, -0.25) is 4.79 Å². The molecule has 110 valence electrons. The molecular formula is C14H22N4OS. The molecule has 1 amide bonds. The predicted octanol–water partition coefficient (Wildman–Crippen LogP) is 2.56. The second-order valence-electron chi connectivity index (χ2n) is 6.15. The van der Waals surface area contributed by atoms with Crippen LogP contribution < -0.4 is 11.1 Å². The van der Waals surface area contributed by atoms with Gasteiger partial charge in [0.05, 0.1) is 0 Å². The summed E-state index contributed by atoms with van der Waals surface area (Å²) < 4.78 is 0. The first kappa shape index (κ1) is 13.7. The van der Waals surface area contributed by atoms with E-state index in [0.717, 1.165) is 18.1 Å². The highest BCUT2D eigenvalue weighted by molar-refractivity contribution is 7.18. The van der Waals surface area contributed by atoms with E-state index in [0.29, 0.717) is 28.7 Å². The third kappa shape index (κ3) is 2.49. The van der Waals surface area contributed by atoms with Gasteiger partial charge in [-0.15, -0.1) is 0 Å². The van der Waals surface area contributed by atoms with Gasteiger partial charge in [0.15, 0.2) is 5.13 Å². The molecule has 2 fully saturated rings. The topological polar surface area (TPSA) is 71.2 Å². The first-order valence-corrected chi connectivity index (χ1v) is 8.20. The lowest BCUT2D eigenvalue weighted by Gasteiger charge is -2.25. The van der Waals surface area contributed by atoms with Gasteiger partial charge in [-0.05, 0) is 38.5 Å². The Labute approximate surface area is 123 Å². The molecule has 20 heavy (non-hydrogen) atoms. The molecule has 1 aliphatic heterocycles. The van der Waals surface area contributed by atoms with Crippen LogP contribution in [0, 0.1) is 5.92 Å². The average Bonchev–Trinajstić information content (AvgIpc) is 2.86. The molecule has 1 saturated carbocycles. The van der Waals surface area contributed by atoms with E-state index in [1.54, 1.807) is 0 Å². The zero-order chi connectivity index (χ0) is 14.3. The highest BCUT2D eigenvalue weighted by Gasteiger charge is 2.33. The number of carbonyl (C=O) groups excluding carboxylic acids is 1. The van der Waals surface area contributed by atoms with Crippen LogP contribution in [0.5, 0.6) is 0 Å². The standard InChI is InChI=1S/C14H22N4OS/c1-8-6-9(2)18(7-8)13(19)11-12(15)17-14(20-11)16-10-4-3-5-10/h8-10H,3-7,15H2,1-2H3,(H,16,17). The largest absolute Gasteiger partial charge is 0.382 e. The average molecular weight is 294 g/mol. The number of rotatable bonds is 3. The molecule has 1 aromatic heterocycles. The molecule has 2 atom stereocenters. The first-order valence-electron chi connectivity index (χ1n) is 7.38. The van der Waals surface area contributed by atoms with E-state index in [-0.39, 0.29) is 5.91 Å². The fourth-order valence-corrected chi connectivity index (χ4v) is 3.91. The van der Waals surface area contributed by atoms with Gasteiger partial charge >= 0.3 is 0 Å².